The van der Waals surface area contributed by atoms with Crippen molar-refractivity contribution in [2.24, 2.45) is 0 Å². The number of benzene rings is 2. The lowest BCUT2D eigenvalue weighted by Gasteiger charge is -2.12. The van der Waals surface area contributed by atoms with Gasteiger partial charge < -0.3 is 10.1 Å². The summed E-state index contributed by atoms with van der Waals surface area (Å²) in [5.41, 5.74) is 7.38. The molecule has 8 heteroatoms. The molecule has 0 saturated heterocycles. The Morgan fingerprint density at radius 1 is 1.15 bits per heavy atom. The van der Waals surface area contributed by atoms with Crippen LogP contribution in [0.4, 0.5) is 0 Å². The normalized spacial score (nSPS) is 9.96. The lowest BCUT2D eigenvalue weighted by molar-refractivity contribution is -0.119. The number of thiocarbonyl (C=S) groups is 1. The van der Waals surface area contributed by atoms with E-state index in [9.17, 15) is 9.59 Å². The number of amides is 2. The first-order valence-electron chi connectivity index (χ1n) is 7.69. The van der Waals surface area contributed by atoms with Gasteiger partial charge in [0.15, 0.2) is 5.11 Å². The van der Waals surface area contributed by atoms with Crippen LogP contribution in [0.2, 0.25) is 0 Å². The Bertz CT molecular complexity index is 842. The number of halogens is 1. The topological polar surface area (TPSA) is 79.5 Å². The molecule has 0 atom stereocenters. The highest BCUT2D eigenvalue weighted by Gasteiger charge is 2.11. The summed E-state index contributed by atoms with van der Waals surface area (Å²) in [5.74, 6) is 0.0558. The molecule has 2 aromatic rings. The first-order valence-corrected chi connectivity index (χ1v) is 9.17. The smallest absolute Gasteiger partial charge is 0.269 e. The predicted octanol–water partition coefficient (Wildman–Crippen LogP) is 2.49. The third-order valence-corrected chi connectivity index (χ3v) is 4.62. The monoisotopic (exact) mass is 483 g/mol. The van der Waals surface area contributed by atoms with Gasteiger partial charge >= 0.3 is 0 Å². The van der Waals surface area contributed by atoms with Crippen molar-refractivity contribution in [2.75, 3.05) is 7.11 Å². The van der Waals surface area contributed by atoms with E-state index in [1.165, 1.54) is 0 Å². The number of rotatable bonds is 4. The van der Waals surface area contributed by atoms with Gasteiger partial charge in [0, 0.05) is 5.56 Å². The number of carbonyl (C=O) groups is 2. The molecule has 0 aliphatic heterocycles. The van der Waals surface area contributed by atoms with Gasteiger partial charge in [-0.15, -0.1) is 0 Å². The molecule has 0 spiro atoms. The minimum absolute atomic E-state index is 0.0279. The number of nitrogens with one attached hydrogen (secondary N) is 3. The molecule has 0 fully saturated rings. The Kier molecular flexibility index (Phi) is 7.34. The van der Waals surface area contributed by atoms with E-state index < -0.39 is 0 Å². The molecule has 0 unspecified atom stereocenters. The van der Waals surface area contributed by atoms with Gasteiger partial charge in [0.25, 0.3) is 5.91 Å². The molecule has 0 radical (unpaired) electrons. The van der Waals surface area contributed by atoms with Crippen molar-refractivity contribution in [3.05, 3.63) is 62.7 Å². The van der Waals surface area contributed by atoms with E-state index in [4.69, 9.17) is 17.0 Å². The maximum absolute atomic E-state index is 12.1. The Labute approximate surface area is 170 Å². The first kappa shape index (κ1) is 20.1. The zero-order valence-corrected chi connectivity index (χ0v) is 17.2. The van der Waals surface area contributed by atoms with Crippen LogP contribution in [0.5, 0.6) is 5.75 Å². The molecule has 0 aliphatic rings. The van der Waals surface area contributed by atoms with Crippen LogP contribution in [0.15, 0.2) is 42.5 Å². The van der Waals surface area contributed by atoms with Crippen molar-refractivity contribution < 1.29 is 14.3 Å². The number of hydrogen-bond acceptors (Lipinski definition) is 4. The summed E-state index contributed by atoms with van der Waals surface area (Å²) in [7, 11) is 1.57. The molecule has 2 amide bonds. The standard InChI is InChI=1S/C18H18IN3O3S/c1-11-5-3-4-6-12(11)10-16(23)20-18(26)22-21-17(24)13-7-8-15(25-2)14(19)9-13/h3-9H,10H2,1-2H3,(H,21,24)(H2,20,22,23,26). The fourth-order valence-corrected chi connectivity index (χ4v) is 3.08. The van der Waals surface area contributed by atoms with E-state index in [0.29, 0.717) is 11.3 Å². The van der Waals surface area contributed by atoms with Crippen LogP contribution in [-0.2, 0) is 11.2 Å². The minimum Gasteiger partial charge on any atom is -0.496 e. The molecule has 0 aromatic heterocycles. The summed E-state index contributed by atoms with van der Waals surface area (Å²) >= 11 is 7.12. The lowest BCUT2D eigenvalue weighted by atomic mass is 10.1. The third kappa shape index (κ3) is 5.67. The van der Waals surface area contributed by atoms with Crippen LogP contribution >= 0.6 is 34.8 Å². The van der Waals surface area contributed by atoms with Gasteiger partial charge in [0.1, 0.15) is 5.75 Å². The average molecular weight is 483 g/mol. The summed E-state index contributed by atoms with van der Waals surface area (Å²) in [6.07, 6.45) is 0.207. The number of aryl methyl sites for hydroxylation is 1. The fraction of sp³-hybridized carbons (Fsp3) is 0.167. The van der Waals surface area contributed by atoms with Crippen molar-refractivity contribution in [1.82, 2.24) is 16.2 Å². The Hall–Kier alpha value is -2.20. The van der Waals surface area contributed by atoms with Gasteiger partial charge in [-0.2, -0.15) is 0 Å². The Morgan fingerprint density at radius 3 is 2.54 bits per heavy atom. The molecular formula is C18H18IN3O3S. The lowest BCUT2D eigenvalue weighted by Crippen LogP contribution is -2.48. The third-order valence-electron chi connectivity index (χ3n) is 3.57. The maximum Gasteiger partial charge on any atom is 0.269 e. The molecule has 3 N–H and O–H groups in total. The average Bonchev–Trinajstić information content (AvgIpc) is 2.61. The molecule has 0 heterocycles. The number of methoxy groups -OCH3 is 1. The van der Waals surface area contributed by atoms with E-state index in [1.807, 2.05) is 31.2 Å². The SMILES string of the molecule is COc1ccc(C(=O)NNC(=S)NC(=O)Cc2ccccc2C)cc1I. The van der Waals surface area contributed by atoms with E-state index >= 15 is 0 Å². The summed E-state index contributed by atoms with van der Waals surface area (Å²) in [5, 5.41) is 2.57. The number of hydrogen-bond donors (Lipinski definition) is 3. The van der Waals surface area contributed by atoms with Gasteiger partial charge in [0.2, 0.25) is 5.91 Å². The van der Waals surface area contributed by atoms with Crippen LogP contribution in [-0.4, -0.2) is 24.0 Å². The summed E-state index contributed by atoms with van der Waals surface area (Å²) in [6, 6.07) is 12.7. The van der Waals surface area contributed by atoms with Crippen LogP contribution in [0.1, 0.15) is 21.5 Å². The molecule has 2 aromatic carbocycles. The molecule has 2 rings (SSSR count). The summed E-state index contributed by atoms with van der Waals surface area (Å²) in [4.78, 5) is 24.2. The van der Waals surface area contributed by atoms with E-state index in [1.54, 1.807) is 25.3 Å². The second kappa shape index (κ2) is 9.48. The zero-order valence-electron chi connectivity index (χ0n) is 14.3. The van der Waals surface area contributed by atoms with E-state index in [2.05, 4.69) is 38.8 Å². The van der Waals surface area contributed by atoms with Gasteiger partial charge in [-0.3, -0.25) is 20.4 Å². The highest BCUT2D eigenvalue weighted by atomic mass is 127. The molecule has 0 saturated carbocycles. The second-order valence-electron chi connectivity index (χ2n) is 5.41. The number of ether oxygens (including phenoxy) is 1. The summed E-state index contributed by atoms with van der Waals surface area (Å²) in [6.45, 7) is 1.94. The Morgan fingerprint density at radius 2 is 1.88 bits per heavy atom. The second-order valence-corrected chi connectivity index (χ2v) is 6.98. The molecular weight excluding hydrogens is 465 g/mol. The van der Waals surface area contributed by atoms with Crippen molar-refractivity contribution in [3.8, 4) is 5.75 Å². The molecule has 26 heavy (non-hydrogen) atoms. The highest BCUT2D eigenvalue weighted by Crippen LogP contribution is 2.21. The maximum atomic E-state index is 12.1. The van der Waals surface area contributed by atoms with E-state index in [0.717, 1.165) is 14.7 Å². The molecule has 0 bridgehead atoms. The fourth-order valence-electron chi connectivity index (χ4n) is 2.18. The zero-order chi connectivity index (χ0) is 19.1. The quantitative estimate of drug-likeness (QED) is 0.354. The van der Waals surface area contributed by atoms with Crippen LogP contribution in [0.3, 0.4) is 0 Å². The molecule has 6 nitrogen and oxygen atoms in total. The van der Waals surface area contributed by atoms with Crippen molar-refractivity contribution in [2.45, 2.75) is 13.3 Å². The van der Waals surface area contributed by atoms with Gasteiger partial charge in [-0.1, -0.05) is 24.3 Å². The van der Waals surface area contributed by atoms with Gasteiger partial charge in [-0.25, -0.2) is 0 Å². The van der Waals surface area contributed by atoms with Gasteiger partial charge in [0.05, 0.1) is 17.1 Å². The predicted molar refractivity (Wildman–Crippen MR) is 112 cm³/mol. The minimum atomic E-state index is -0.374. The van der Waals surface area contributed by atoms with Crippen LogP contribution < -0.4 is 20.9 Å². The van der Waals surface area contributed by atoms with Gasteiger partial charge in [-0.05, 0) is 71.1 Å². The van der Waals surface area contributed by atoms with Crippen LogP contribution in [0.25, 0.3) is 0 Å². The summed E-state index contributed by atoms with van der Waals surface area (Å²) < 4.78 is 5.97. The van der Waals surface area contributed by atoms with E-state index in [-0.39, 0.29) is 23.3 Å². The van der Waals surface area contributed by atoms with Crippen molar-refractivity contribution in [1.29, 1.82) is 0 Å². The number of hydrazine groups is 1. The number of carbonyl (C=O) groups excluding carboxylic acids is 2. The van der Waals surface area contributed by atoms with Crippen molar-refractivity contribution >= 4 is 51.7 Å². The molecule has 0 aliphatic carbocycles. The first-order chi connectivity index (χ1) is 12.4. The van der Waals surface area contributed by atoms with Crippen molar-refractivity contribution in [3.63, 3.8) is 0 Å². The molecule has 136 valence electrons. The highest BCUT2D eigenvalue weighted by molar-refractivity contribution is 14.1. The Balaban J connectivity index is 1.84. The van der Waals surface area contributed by atoms with Crippen LogP contribution in [0, 0.1) is 10.5 Å². The largest absolute Gasteiger partial charge is 0.496 e.